The van der Waals surface area contributed by atoms with E-state index in [9.17, 15) is 4.79 Å². The minimum absolute atomic E-state index is 0.0686. The van der Waals surface area contributed by atoms with E-state index in [4.69, 9.17) is 0 Å². The summed E-state index contributed by atoms with van der Waals surface area (Å²) in [5.41, 5.74) is 3.78. The van der Waals surface area contributed by atoms with Gasteiger partial charge in [0.15, 0.2) is 0 Å². The number of hydrogen-bond donors (Lipinski definition) is 3. The zero-order chi connectivity index (χ0) is 22.1. The van der Waals surface area contributed by atoms with Crippen molar-refractivity contribution in [3.8, 4) is 0 Å². The molecule has 31 heavy (non-hydrogen) atoms. The van der Waals surface area contributed by atoms with Gasteiger partial charge >= 0.3 is 0 Å². The molecule has 7 heteroatoms. The molecule has 1 heterocycles. The van der Waals surface area contributed by atoms with Crippen molar-refractivity contribution in [2.75, 3.05) is 43.4 Å². The highest BCUT2D eigenvalue weighted by Gasteiger charge is 2.08. The second-order valence-electron chi connectivity index (χ2n) is 7.38. The van der Waals surface area contributed by atoms with Crippen LogP contribution in [0, 0.1) is 0 Å². The zero-order valence-electron chi connectivity index (χ0n) is 18.6. The fraction of sp³-hybridized carbons (Fsp3) is 0.375. The number of benzene rings is 2. The number of anilines is 3. The monoisotopic (exact) mass is 420 g/mol. The lowest BCUT2D eigenvalue weighted by molar-refractivity contribution is -0.115. The maximum Gasteiger partial charge on any atom is 0.238 e. The van der Waals surface area contributed by atoms with Gasteiger partial charge in [0, 0.05) is 29.9 Å². The first-order chi connectivity index (χ1) is 15.1. The quantitative estimate of drug-likeness (QED) is 0.409. The van der Waals surface area contributed by atoms with Crippen LogP contribution >= 0.6 is 0 Å². The van der Waals surface area contributed by atoms with Crippen LogP contribution in [0.1, 0.15) is 26.3 Å². The van der Waals surface area contributed by atoms with Gasteiger partial charge in [-0.2, -0.15) is 0 Å². The van der Waals surface area contributed by atoms with E-state index in [0.29, 0.717) is 5.82 Å². The molecule has 0 radical (unpaired) electrons. The van der Waals surface area contributed by atoms with Crippen LogP contribution < -0.4 is 16.0 Å². The molecule has 0 saturated carbocycles. The van der Waals surface area contributed by atoms with Gasteiger partial charge in [-0.3, -0.25) is 4.79 Å². The van der Waals surface area contributed by atoms with Crippen molar-refractivity contribution < 1.29 is 4.79 Å². The number of amides is 1. The van der Waals surface area contributed by atoms with Crippen LogP contribution in [0.4, 0.5) is 17.2 Å². The van der Waals surface area contributed by atoms with Crippen LogP contribution in [0.2, 0.25) is 0 Å². The van der Waals surface area contributed by atoms with Crippen molar-refractivity contribution in [2.45, 2.75) is 27.2 Å². The van der Waals surface area contributed by atoms with Crippen molar-refractivity contribution in [2.24, 2.45) is 0 Å². The molecule has 164 valence electrons. The van der Waals surface area contributed by atoms with Gasteiger partial charge in [0.1, 0.15) is 12.1 Å². The lowest BCUT2D eigenvalue weighted by atomic mass is 10.1. The van der Waals surface area contributed by atoms with Crippen molar-refractivity contribution >= 4 is 34.0 Å². The lowest BCUT2D eigenvalue weighted by Gasteiger charge is -2.17. The molecule has 0 aliphatic carbocycles. The first kappa shape index (κ1) is 22.7. The van der Waals surface area contributed by atoms with Crippen LogP contribution in [0.15, 0.2) is 48.8 Å². The highest BCUT2D eigenvalue weighted by atomic mass is 16.1. The predicted molar refractivity (Wildman–Crippen MR) is 128 cm³/mol. The van der Waals surface area contributed by atoms with Gasteiger partial charge in [-0.15, -0.1) is 0 Å². The molecular formula is C24H32N6O. The fourth-order valence-electron chi connectivity index (χ4n) is 3.42. The lowest BCUT2D eigenvalue weighted by Crippen LogP contribution is -2.35. The van der Waals surface area contributed by atoms with Gasteiger partial charge in [-0.25, -0.2) is 9.97 Å². The number of likely N-dealkylation sites (N-methyl/N-ethyl adjacent to an activating group) is 1. The Morgan fingerprint density at radius 3 is 2.61 bits per heavy atom. The Hall–Kier alpha value is -3.03. The summed E-state index contributed by atoms with van der Waals surface area (Å²) in [6.45, 7) is 10.4. The first-order valence-electron chi connectivity index (χ1n) is 11.0. The number of nitrogens with zero attached hydrogens (tertiary/aromatic N) is 3. The number of fused-ring (bicyclic) bond motifs is 1. The molecule has 0 aliphatic rings. The molecule has 0 fully saturated rings. The summed E-state index contributed by atoms with van der Waals surface area (Å²) in [5, 5.41) is 10.4. The molecule has 2 aromatic carbocycles. The van der Waals surface area contributed by atoms with E-state index in [0.717, 1.165) is 54.9 Å². The van der Waals surface area contributed by atoms with Gasteiger partial charge in [-0.1, -0.05) is 32.9 Å². The third kappa shape index (κ3) is 6.47. The zero-order valence-corrected chi connectivity index (χ0v) is 18.6. The molecule has 3 rings (SSSR count). The number of nitrogens with one attached hydrogen (secondary N) is 3. The maximum absolute atomic E-state index is 12.3. The average molecular weight is 421 g/mol. The van der Waals surface area contributed by atoms with Crippen molar-refractivity contribution in [3.05, 3.63) is 54.4 Å². The Balaban J connectivity index is 1.66. The normalized spacial score (nSPS) is 11.1. The molecule has 3 aromatic rings. The summed E-state index contributed by atoms with van der Waals surface area (Å²) >= 11 is 0. The van der Waals surface area contributed by atoms with Crippen LogP contribution in [0.3, 0.4) is 0 Å². The maximum atomic E-state index is 12.3. The highest BCUT2D eigenvalue weighted by Crippen LogP contribution is 2.26. The second-order valence-corrected chi connectivity index (χ2v) is 7.38. The molecule has 7 nitrogen and oxygen atoms in total. The molecule has 0 saturated heterocycles. The Labute approximate surface area is 184 Å². The first-order valence-corrected chi connectivity index (χ1v) is 11.0. The highest BCUT2D eigenvalue weighted by molar-refractivity contribution is 5.97. The summed E-state index contributed by atoms with van der Waals surface area (Å²) in [6, 6.07) is 13.9. The Kier molecular flexibility index (Phi) is 8.32. The Morgan fingerprint density at radius 1 is 1.00 bits per heavy atom. The fourth-order valence-corrected chi connectivity index (χ4v) is 3.42. The van der Waals surface area contributed by atoms with E-state index in [2.05, 4.69) is 63.7 Å². The number of rotatable bonds is 11. The van der Waals surface area contributed by atoms with Gasteiger partial charge < -0.3 is 20.9 Å². The van der Waals surface area contributed by atoms with Gasteiger partial charge in [0.2, 0.25) is 5.91 Å². The third-order valence-electron chi connectivity index (χ3n) is 5.30. The van der Waals surface area contributed by atoms with Crippen LogP contribution in [0.5, 0.6) is 0 Å². The molecule has 0 bridgehead atoms. The van der Waals surface area contributed by atoms with E-state index >= 15 is 0 Å². The Bertz CT molecular complexity index is 1000. The molecule has 3 N–H and O–H groups in total. The number of carbonyl (C=O) groups is 1. The second kappa shape index (κ2) is 11.4. The van der Waals surface area contributed by atoms with E-state index in [-0.39, 0.29) is 12.5 Å². The summed E-state index contributed by atoms with van der Waals surface area (Å²) in [7, 11) is 0. The standard InChI is InChI=1S/C24H32N6O/c1-4-18-8-7-9-19(14-18)29-24-21-15-20(10-11-22(21)26-17-27-24)28-23(31)16-25-12-13-30(5-2)6-3/h7-11,14-15,17,25H,4-6,12-13,16H2,1-3H3,(H,28,31)(H,26,27,29). The number of aryl methyl sites for hydroxylation is 1. The summed E-state index contributed by atoms with van der Waals surface area (Å²) in [4.78, 5) is 23.4. The van der Waals surface area contributed by atoms with E-state index < -0.39 is 0 Å². The average Bonchev–Trinajstić information content (AvgIpc) is 2.79. The smallest absolute Gasteiger partial charge is 0.238 e. The number of carbonyl (C=O) groups excluding carboxylic acids is 1. The van der Waals surface area contributed by atoms with Gasteiger partial charge in [0.25, 0.3) is 0 Å². The number of hydrogen-bond acceptors (Lipinski definition) is 6. The summed E-state index contributed by atoms with van der Waals surface area (Å²) in [5.74, 6) is 0.646. The van der Waals surface area contributed by atoms with E-state index in [1.807, 2.05) is 30.3 Å². The van der Waals surface area contributed by atoms with Crippen molar-refractivity contribution in [1.82, 2.24) is 20.2 Å². The third-order valence-corrected chi connectivity index (χ3v) is 5.30. The van der Waals surface area contributed by atoms with Crippen molar-refractivity contribution in [1.29, 1.82) is 0 Å². The van der Waals surface area contributed by atoms with Crippen LogP contribution in [-0.4, -0.2) is 53.5 Å². The largest absolute Gasteiger partial charge is 0.340 e. The Morgan fingerprint density at radius 2 is 1.84 bits per heavy atom. The summed E-state index contributed by atoms with van der Waals surface area (Å²) < 4.78 is 0. The molecule has 1 amide bonds. The molecule has 1 aromatic heterocycles. The van der Waals surface area contributed by atoms with E-state index in [1.54, 1.807) is 6.33 Å². The van der Waals surface area contributed by atoms with Gasteiger partial charge in [-0.05, 0) is 55.4 Å². The molecular weight excluding hydrogens is 388 g/mol. The predicted octanol–water partition coefficient (Wildman–Crippen LogP) is 3.81. The van der Waals surface area contributed by atoms with E-state index in [1.165, 1.54) is 5.56 Å². The summed E-state index contributed by atoms with van der Waals surface area (Å²) in [6.07, 6.45) is 2.52. The number of aromatic nitrogens is 2. The van der Waals surface area contributed by atoms with Gasteiger partial charge in [0.05, 0.1) is 12.1 Å². The topological polar surface area (TPSA) is 82.2 Å². The van der Waals surface area contributed by atoms with Crippen LogP contribution in [0.25, 0.3) is 10.9 Å². The minimum Gasteiger partial charge on any atom is -0.340 e. The molecule has 0 atom stereocenters. The van der Waals surface area contributed by atoms with Crippen molar-refractivity contribution in [3.63, 3.8) is 0 Å². The van der Waals surface area contributed by atoms with Crippen LogP contribution in [-0.2, 0) is 11.2 Å². The molecule has 0 spiro atoms. The molecule has 0 aliphatic heterocycles. The minimum atomic E-state index is -0.0686. The molecule has 0 unspecified atom stereocenters. The SMILES string of the molecule is CCc1cccc(Nc2ncnc3ccc(NC(=O)CNCCN(CC)CC)cc23)c1.